The highest BCUT2D eigenvalue weighted by molar-refractivity contribution is 5.74. The molecule has 1 aliphatic rings. The molecular formula is C19H31N3O2. The fourth-order valence-corrected chi connectivity index (χ4v) is 3.47. The van der Waals surface area contributed by atoms with Gasteiger partial charge in [-0.1, -0.05) is 38.8 Å². The average molecular weight is 333 g/mol. The van der Waals surface area contributed by atoms with Crippen LogP contribution in [0.3, 0.4) is 0 Å². The Morgan fingerprint density at radius 3 is 2.62 bits per heavy atom. The molecule has 1 aromatic rings. The summed E-state index contributed by atoms with van der Waals surface area (Å²) in [5.41, 5.74) is 1.17. The standard InChI is InChI=1S/C19H31N3O2/c1-4-22(5-2)18(15-9-8-12-17(13-15)24-3)14-20-19(23)21-16-10-6-7-11-16/h8-9,12-13,16,18H,4-7,10-11,14H2,1-3H3,(H2,20,21,23)/t18-/m1/s1. The van der Waals surface area contributed by atoms with Crippen LogP contribution in [0.1, 0.15) is 51.1 Å². The molecule has 2 N–H and O–H groups in total. The van der Waals surface area contributed by atoms with Crippen LogP contribution in [0.2, 0.25) is 0 Å². The number of amides is 2. The summed E-state index contributed by atoms with van der Waals surface area (Å²) in [6.07, 6.45) is 4.64. The normalized spacial score (nSPS) is 16.2. The van der Waals surface area contributed by atoms with E-state index in [1.54, 1.807) is 7.11 Å². The van der Waals surface area contributed by atoms with E-state index in [-0.39, 0.29) is 12.1 Å². The first-order valence-corrected chi connectivity index (χ1v) is 9.10. The van der Waals surface area contributed by atoms with Crippen LogP contribution in [0.25, 0.3) is 0 Å². The first kappa shape index (κ1) is 18.6. The molecule has 134 valence electrons. The molecule has 0 spiro atoms. The Balaban J connectivity index is 2.01. The van der Waals surface area contributed by atoms with Crippen molar-refractivity contribution in [2.75, 3.05) is 26.7 Å². The van der Waals surface area contributed by atoms with Gasteiger partial charge in [-0.2, -0.15) is 0 Å². The van der Waals surface area contributed by atoms with Crippen molar-refractivity contribution in [2.24, 2.45) is 0 Å². The minimum Gasteiger partial charge on any atom is -0.497 e. The van der Waals surface area contributed by atoms with E-state index in [0.29, 0.717) is 12.6 Å². The van der Waals surface area contributed by atoms with Crippen LogP contribution in [0.5, 0.6) is 5.75 Å². The van der Waals surface area contributed by atoms with Crippen molar-refractivity contribution in [3.63, 3.8) is 0 Å². The number of carbonyl (C=O) groups is 1. The van der Waals surface area contributed by atoms with Crippen LogP contribution in [0, 0.1) is 0 Å². The van der Waals surface area contributed by atoms with E-state index in [9.17, 15) is 4.79 Å². The van der Waals surface area contributed by atoms with E-state index in [0.717, 1.165) is 31.7 Å². The summed E-state index contributed by atoms with van der Waals surface area (Å²) in [5, 5.41) is 6.15. The molecular weight excluding hydrogens is 302 g/mol. The highest BCUT2D eigenvalue weighted by Gasteiger charge is 2.21. The van der Waals surface area contributed by atoms with Crippen molar-refractivity contribution in [1.29, 1.82) is 0 Å². The molecule has 1 aromatic carbocycles. The maximum Gasteiger partial charge on any atom is 0.315 e. The quantitative estimate of drug-likeness (QED) is 0.767. The van der Waals surface area contributed by atoms with Crippen molar-refractivity contribution in [2.45, 2.75) is 51.6 Å². The Bertz CT molecular complexity index is 511. The van der Waals surface area contributed by atoms with Gasteiger partial charge in [0.15, 0.2) is 0 Å². The number of hydrogen-bond donors (Lipinski definition) is 2. The fourth-order valence-electron chi connectivity index (χ4n) is 3.47. The molecule has 0 aromatic heterocycles. The monoisotopic (exact) mass is 333 g/mol. The topological polar surface area (TPSA) is 53.6 Å². The molecule has 0 radical (unpaired) electrons. The maximum absolute atomic E-state index is 12.2. The highest BCUT2D eigenvalue weighted by Crippen LogP contribution is 2.24. The predicted octanol–water partition coefficient (Wildman–Crippen LogP) is 3.32. The highest BCUT2D eigenvalue weighted by atomic mass is 16.5. The Kier molecular flexibility index (Phi) is 7.37. The fraction of sp³-hybridized carbons (Fsp3) is 0.632. The number of benzene rings is 1. The maximum atomic E-state index is 12.2. The molecule has 24 heavy (non-hydrogen) atoms. The van der Waals surface area contributed by atoms with E-state index in [1.165, 1.54) is 18.4 Å². The van der Waals surface area contributed by atoms with Gasteiger partial charge in [0.25, 0.3) is 0 Å². The van der Waals surface area contributed by atoms with E-state index in [1.807, 2.05) is 12.1 Å². The van der Waals surface area contributed by atoms with Gasteiger partial charge < -0.3 is 15.4 Å². The second-order valence-electron chi connectivity index (χ2n) is 6.35. The first-order valence-electron chi connectivity index (χ1n) is 9.10. The molecule has 0 aliphatic heterocycles. The van der Waals surface area contributed by atoms with Gasteiger partial charge in [-0.05, 0) is 43.6 Å². The number of nitrogens with zero attached hydrogens (tertiary/aromatic N) is 1. The largest absolute Gasteiger partial charge is 0.497 e. The number of urea groups is 1. The minimum absolute atomic E-state index is 0.0537. The van der Waals surface area contributed by atoms with Gasteiger partial charge in [-0.25, -0.2) is 4.79 Å². The number of likely N-dealkylation sites (N-methyl/N-ethyl adjacent to an activating group) is 1. The van der Waals surface area contributed by atoms with Crippen LogP contribution < -0.4 is 15.4 Å². The molecule has 2 rings (SSSR count). The average Bonchev–Trinajstić information content (AvgIpc) is 3.11. The van der Waals surface area contributed by atoms with Gasteiger partial charge in [0.1, 0.15) is 5.75 Å². The molecule has 2 amide bonds. The minimum atomic E-state index is -0.0537. The number of carbonyl (C=O) groups excluding carboxylic acids is 1. The van der Waals surface area contributed by atoms with E-state index in [2.05, 4.69) is 41.5 Å². The summed E-state index contributed by atoms with van der Waals surface area (Å²) in [7, 11) is 1.68. The van der Waals surface area contributed by atoms with Crippen LogP contribution >= 0.6 is 0 Å². The SMILES string of the molecule is CCN(CC)[C@H](CNC(=O)NC1CCCC1)c1cccc(OC)c1. The van der Waals surface area contributed by atoms with Crippen molar-refractivity contribution in [3.05, 3.63) is 29.8 Å². The molecule has 1 atom stereocenters. The third-order valence-electron chi connectivity index (χ3n) is 4.88. The lowest BCUT2D eigenvalue weighted by molar-refractivity contribution is 0.204. The molecule has 0 saturated heterocycles. The second kappa shape index (κ2) is 9.52. The van der Waals surface area contributed by atoms with Gasteiger partial charge >= 0.3 is 6.03 Å². The van der Waals surface area contributed by atoms with Gasteiger partial charge in [0.05, 0.1) is 13.2 Å². The molecule has 1 saturated carbocycles. The second-order valence-corrected chi connectivity index (χ2v) is 6.35. The van der Waals surface area contributed by atoms with Gasteiger partial charge in [-0.15, -0.1) is 0 Å². The zero-order chi connectivity index (χ0) is 17.4. The Labute approximate surface area is 145 Å². The lowest BCUT2D eigenvalue weighted by atomic mass is 10.0. The number of hydrogen-bond acceptors (Lipinski definition) is 3. The van der Waals surface area contributed by atoms with E-state index >= 15 is 0 Å². The summed E-state index contributed by atoms with van der Waals surface area (Å²) in [6, 6.07) is 8.54. The van der Waals surface area contributed by atoms with Crippen molar-refractivity contribution >= 4 is 6.03 Å². The van der Waals surface area contributed by atoms with Gasteiger partial charge in [-0.3, -0.25) is 4.90 Å². The van der Waals surface area contributed by atoms with Crippen LogP contribution in [0.15, 0.2) is 24.3 Å². The van der Waals surface area contributed by atoms with Crippen LogP contribution in [0.4, 0.5) is 4.79 Å². The zero-order valence-electron chi connectivity index (χ0n) is 15.2. The summed E-state index contributed by atoms with van der Waals surface area (Å²) in [4.78, 5) is 14.5. The summed E-state index contributed by atoms with van der Waals surface area (Å²) >= 11 is 0. The van der Waals surface area contributed by atoms with Crippen molar-refractivity contribution in [3.8, 4) is 5.75 Å². The molecule has 0 bridgehead atoms. The Morgan fingerprint density at radius 1 is 1.29 bits per heavy atom. The Morgan fingerprint density at radius 2 is 2.00 bits per heavy atom. The van der Waals surface area contributed by atoms with E-state index in [4.69, 9.17) is 4.74 Å². The number of ether oxygens (including phenoxy) is 1. The molecule has 1 fully saturated rings. The smallest absolute Gasteiger partial charge is 0.315 e. The van der Waals surface area contributed by atoms with Crippen LogP contribution in [-0.4, -0.2) is 43.7 Å². The van der Waals surface area contributed by atoms with Crippen LogP contribution in [-0.2, 0) is 0 Å². The first-order chi connectivity index (χ1) is 11.7. The van der Waals surface area contributed by atoms with Gasteiger partial charge in [0.2, 0.25) is 0 Å². The summed E-state index contributed by atoms with van der Waals surface area (Å²) in [6.45, 7) is 6.76. The third-order valence-corrected chi connectivity index (χ3v) is 4.88. The molecule has 5 nitrogen and oxygen atoms in total. The Hall–Kier alpha value is -1.75. The summed E-state index contributed by atoms with van der Waals surface area (Å²) in [5.74, 6) is 0.847. The molecule has 0 heterocycles. The van der Waals surface area contributed by atoms with E-state index < -0.39 is 0 Å². The number of methoxy groups -OCH3 is 1. The van der Waals surface area contributed by atoms with Crippen molar-refractivity contribution < 1.29 is 9.53 Å². The van der Waals surface area contributed by atoms with Gasteiger partial charge in [0, 0.05) is 12.6 Å². The van der Waals surface area contributed by atoms with Crippen molar-refractivity contribution in [1.82, 2.24) is 15.5 Å². The lowest BCUT2D eigenvalue weighted by Gasteiger charge is -2.30. The molecule has 5 heteroatoms. The predicted molar refractivity (Wildman–Crippen MR) is 97.4 cm³/mol. The zero-order valence-corrected chi connectivity index (χ0v) is 15.2. The molecule has 0 unspecified atom stereocenters. The number of nitrogens with one attached hydrogen (secondary N) is 2. The summed E-state index contributed by atoms with van der Waals surface area (Å²) < 4.78 is 5.35. The third kappa shape index (κ3) is 5.13. The molecule has 1 aliphatic carbocycles. The lowest BCUT2D eigenvalue weighted by Crippen LogP contribution is -2.45. The number of rotatable bonds is 8.